The van der Waals surface area contributed by atoms with E-state index in [1.54, 1.807) is 14.1 Å². The Bertz CT molecular complexity index is 802. The van der Waals surface area contributed by atoms with Gasteiger partial charge < -0.3 is 10.6 Å². The van der Waals surface area contributed by atoms with E-state index < -0.39 is 15.7 Å². The summed E-state index contributed by atoms with van der Waals surface area (Å²) < 4.78 is 38.5. The van der Waals surface area contributed by atoms with Gasteiger partial charge in [-0.2, -0.15) is 0 Å². The van der Waals surface area contributed by atoms with Gasteiger partial charge in [-0.25, -0.2) is 17.5 Å². The van der Waals surface area contributed by atoms with Crippen molar-refractivity contribution in [2.24, 2.45) is 0 Å². The fourth-order valence-corrected chi connectivity index (χ4v) is 3.01. The number of nitrogen functional groups attached to an aromatic ring is 1. The van der Waals surface area contributed by atoms with Crippen LogP contribution in [0.3, 0.4) is 0 Å². The van der Waals surface area contributed by atoms with Crippen LogP contribution in [0.2, 0.25) is 5.02 Å². The highest BCUT2D eigenvalue weighted by atomic mass is 35.5. The Labute approximate surface area is 126 Å². The Balaban J connectivity index is 2.74. The lowest BCUT2D eigenvalue weighted by molar-refractivity contribution is 0.602. The quantitative estimate of drug-likeness (QED) is 0.925. The summed E-state index contributed by atoms with van der Waals surface area (Å²) in [6.07, 6.45) is 1.04. The third-order valence-corrected chi connectivity index (χ3v) is 4.24. The smallest absolute Gasteiger partial charge is 0.182 e. The molecule has 0 saturated carbocycles. The first-order valence-electron chi connectivity index (χ1n) is 5.84. The second-order valence-corrected chi connectivity index (χ2v) is 7.07. The van der Waals surface area contributed by atoms with E-state index in [9.17, 15) is 12.8 Å². The topological polar surface area (TPSA) is 81.2 Å². The number of nitrogens with two attached hydrogens (primary N) is 1. The van der Waals surface area contributed by atoms with Crippen molar-refractivity contribution in [1.82, 2.24) is 9.78 Å². The number of rotatable bonds is 3. The van der Waals surface area contributed by atoms with Gasteiger partial charge in [-0.1, -0.05) is 11.6 Å². The lowest BCUT2D eigenvalue weighted by Crippen LogP contribution is -2.13. The minimum absolute atomic E-state index is 0.0411. The molecule has 1 aromatic carbocycles. The normalized spacial score (nSPS) is 11.7. The molecule has 0 bridgehead atoms. The van der Waals surface area contributed by atoms with Crippen LogP contribution in [-0.2, 0) is 9.84 Å². The molecule has 6 nitrogen and oxygen atoms in total. The zero-order valence-electron chi connectivity index (χ0n) is 11.6. The van der Waals surface area contributed by atoms with E-state index in [4.69, 9.17) is 17.3 Å². The molecule has 0 aliphatic carbocycles. The Morgan fingerprint density at radius 3 is 2.43 bits per heavy atom. The average molecular weight is 333 g/mol. The first-order chi connectivity index (χ1) is 9.62. The molecule has 2 N–H and O–H groups in total. The van der Waals surface area contributed by atoms with E-state index in [1.165, 1.54) is 21.7 Å². The number of sulfone groups is 1. The average Bonchev–Trinajstić information content (AvgIpc) is 2.70. The third-order valence-electron chi connectivity index (χ3n) is 2.80. The molecule has 0 unspecified atom stereocenters. The van der Waals surface area contributed by atoms with Crippen LogP contribution in [0.5, 0.6) is 0 Å². The number of benzene rings is 1. The fraction of sp³-hybridized carbons (Fsp3) is 0.250. The molecular formula is C12H14ClFN4O2S. The number of nitrogens with zero attached hydrogens (tertiary/aromatic N) is 3. The molecule has 2 rings (SSSR count). The molecule has 1 aromatic heterocycles. The van der Waals surface area contributed by atoms with Crippen molar-refractivity contribution >= 4 is 33.1 Å². The molecule has 0 aliphatic rings. The van der Waals surface area contributed by atoms with Crippen LogP contribution in [0.25, 0.3) is 5.69 Å². The van der Waals surface area contributed by atoms with Gasteiger partial charge in [0, 0.05) is 26.4 Å². The maximum Gasteiger partial charge on any atom is 0.182 e. The molecule has 0 aliphatic heterocycles. The molecule has 0 amide bonds. The van der Waals surface area contributed by atoms with Crippen LogP contribution in [0.4, 0.5) is 16.0 Å². The van der Waals surface area contributed by atoms with Crippen molar-refractivity contribution in [2.45, 2.75) is 4.90 Å². The van der Waals surface area contributed by atoms with E-state index in [0.717, 1.165) is 12.3 Å². The SMILES string of the molecule is CN(C)c1nn(-c2ccc(Cl)c(F)c2)c(N)c1S(C)(=O)=O. The van der Waals surface area contributed by atoms with E-state index in [0.29, 0.717) is 0 Å². The van der Waals surface area contributed by atoms with Crippen LogP contribution in [0.15, 0.2) is 23.1 Å². The summed E-state index contributed by atoms with van der Waals surface area (Å²) in [4.78, 5) is 1.43. The zero-order chi connectivity index (χ0) is 15.9. The number of hydrogen-bond donors (Lipinski definition) is 1. The minimum Gasteiger partial charge on any atom is -0.382 e. The van der Waals surface area contributed by atoms with Gasteiger partial charge in [-0.3, -0.25) is 0 Å². The van der Waals surface area contributed by atoms with Crippen molar-refractivity contribution in [1.29, 1.82) is 0 Å². The summed E-state index contributed by atoms with van der Waals surface area (Å²) in [5.41, 5.74) is 6.17. The zero-order valence-corrected chi connectivity index (χ0v) is 13.2. The predicted octanol–water partition coefficient (Wildman–Crippen LogP) is 1.72. The van der Waals surface area contributed by atoms with E-state index in [-0.39, 0.29) is 27.2 Å². The molecule has 0 spiro atoms. The highest BCUT2D eigenvalue weighted by molar-refractivity contribution is 7.91. The third kappa shape index (κ3) is 2.81. The van der Waals surface area contributed by atoms with Gasteiger partial charge in [0.1, 0.15) is 11.6 Å². The largest absolute Gasteiger partial charge is 0.382 e. The lowest BCUT2D eigenvalue weighted by atomic mass is 10.3. The Hall–Kier alpha value is -1.80. The Morgan fingerprint density at radius 1 is 1.38 bits per heavy atom. The van der Waals surface area contributed by atoms with E-state index in [1.807, 2.05) is 0 Å². The van der Waals surface area contributed by atoms with Gasteiger partial charge in [0.2, 0.25) is 0 Å². The van der Waals surface area contributed by atoms with Crippen LogP contribution in [0, 0.1) is 5.82 Å². The summed E-state index contributed by atoms with van der Waals surface area (Å²) >= 11 is 5.63. The van der Waals surface area contributed by atoms with Gasteiger partial charge in [-0.15, -0.1) is 5.10 Å². The van der Waals surface area contributed by atoms with Crippen LogP contribution in [0.1, 0.15) is 0 Å². The molecule has 114 valence electrons. The highest BCUT2D eigenvalue weighted by Gasteiger charge is 2.26. The van der Waals surface area contributed by atoms with Gasteiger partial charge in [-0.05, 0) is 12.1 Å². The fourth-order valence-electron chi connectivity index (χ4n) is 1.87. The van der Waals surface area contributed by atoms with Gasteiger partial charge in [0.15, 0.2) is 20.6 Å². The Kier molecular flexibility index (Phi) is 3.85. The molecule has 21 heavy (non-hydrogen) atoms. The molecule has 0 fully saturated rings. The summed E-state index contributed by atoms with van der Waals surface area (Å²) in [6, 6.07) is 3.99. The van der Waals surface area contributed by atoms with Crippen molar-refractivity contribution < 1.29 is 12.8 Å². The summed E-state index contributed by atoms with van der Waals surface area (Å²) in [5.74, 6) is -0.537. The molecule has 0 atom stereocenters. The van der Waals surface area contributed by atoms with Gasteiger partial charge in [0.05, 0.1) is 10.7 Å². The predicted molar refractivity (Wildman–Crippen MR) is 80.4 cm³/mol. The van der Waals surface area contributed by atoms with Crippen molar-refractivity contribution in [3.8, 4) is 5.69 Å². The first kappa shape index (κ1) is 15.6. The van der Waals surface area contributed by atoms with Gasteiger partial charge in [0.25, 0.3) is 0 Å². The lowest BCUT2D eigenvalue weighted by Gasteiger charge is -2.09. The number of anilines is 2. The first-order valence-corrected chi connectivity index (χ1v) is 8.11. The minimum atomic E-state index is -3.58. The van der Waals surface area contributed by atoms with Crippen molar-refractivity contribution in [2.75, 3.05) is 31.0 Å². The summed E-state index contributed by atoms with van der Waals surface area (Å²) in [6.45, 7) is 0. The second-order valence-electron chi connectivity index (χ2n) is 4.71. The second kappa shape index (κ2) is 5.19. The molecular weight excluding hydrogens is 319 g/mol. The van der Waals surface area contributed by atoms with E-state index in [2.05, 4.69) is 5.10 Å². The van der Waals surface area contributed by atoms with Crippen molar-refractivity contribution in [3.63, 3.8) is 0 Å². The van der Waals surface area contributed by atoms with Crippen LogP contribution < -0.4 is 10.6 Å². The molecule has 2 aromatic rings. The Morgan fingerprint density at radius 2 is 2.00 bits per heavy atom. The standard InChI is InChI=1S/C12H14ClFN4O2S/c1-17(2)12-10(21(3,19)20)11(15)18(16-12)7-4-5-8(13)9(14)6-7/h4-6H,15H2,1-3H3. The van der Waals surface area contributed by atoms with Crippen molar-refractivity contribution in [3.05, 3.63) is 29.0 Å². The monoisotopic (exact) mass is 332 g/mol. The molecule has 0 radical (unpaired) electrons. The van der Waals surface area contributed by atoms with Gasteiger partial charge >= 0.3 is 0 Å². The highest BCUT2D eigenvalue weighted by Crippen LogP contribution is 2.31. The summed E-state index contributed by atoms with van der Waals surface area (Å²) in [7, 11) is -0.300. The summed E-state index contributed by atoms with van der Waals surface area (Å²) in [5, 5.41) is 4.10. The number of aromatic nitrogens is 2. The van der Waals surface area contributed by atoms with E-state index >= 15 is 0 Å². The molecule has 1 heterocycles. The number of halogens is 2. The maximum atomic E-state index is 13.6. The van der Waals surface area contributed by atoms with Crippen LogP contribution in [-0.4, -0.2) is 38.5 Å². The number of hydrogen-bond acceptors (Lipinski definition) is 5. The molecule has 0 saturated heterocycles. The molecule has 9 heteroatoms. The maximum absolute atomic E-state index is 13.6. The van der Waals surface area contributed by atoms with Crippen LogP contribution >= 0.6 is 11.6 Å².